The molecule has 1 atom stereocenters. The van der Waals surface area contributed by atoms with Gasteiger partial charge in [0.2, 0.25) is 0 Å². The van der Waals surface area contributed by atoms with Crippen LogP contribution in [0.2, 0.25) is 5.02 Å². The maximum absolute atomic E-state index is 8.76. The second kappa shape index (κ2) is 7.32. The summed E-state index contributed by atoms with van der Waals surface area (Å²) in [6, 6.07) is 7.49. The molecule has 2 nitrogen and oxygen atoms in total. The first-order chi connectivity index (χ1) is 8.19. The predicted molar refractivity (Wildman–Crippen MR) is 70.3 cm³/mol. The van der Waals surface area contributed by atoms with Crippen LogP contribution in [0.25, 0.3) is 0 Å². The maximum atomic E-state index is 8.76. The van der Waals surface area contributed by atoms with E-state index in [2.05, 4.69) is 19.9 Å². The van der Waals surface area contributed by atoms with Crippen LogP contribution in [0.5, 0.6) is 0 Å². The monoisotopic (exact) mass is 251 g/mol. The third-order valence-corrected chi connectivity index (χ3v) is 3.00. The Morgan fingerprint density at radius 3 is 2.82 bits per heavy atom. The van der Waals surface area contributed by atoms with E-state index in [1.54, 1.807) is 12.1 Å². The summed E-state index contributed by atoms with van der Waals surface area (Å²) in [6.45, 7) is 5.70. The summed E-state index contributed by atoms with van der Waals surface area (Å²) in [5.41, 5.74) is 1.64. The lowest BCUT2D eigenvalue weighted by molar-refractivity contribution is 0.121. The van der Waals surface area contributed by atoms with E-state index in [0.29, 0.717) is 17.2 Å². The first-order valence-corrected chi connectivity index (χ1v) is 6.34. The quantitative estimate of drug-likeness (QED) is 0.712. The standard InChI is InChI=1S/C14H18ClNO/c1-3-4-7-17-10-11(2)13-6-5-12(9-16)8-14(13)15/h5-6,8,11H,3-4,7,10H2,1-2H3/t11-/m0/s1. The lowest BCUT2D eigenvalue weighted by atomic mass is 10.0. The van der Waals surface area contributed by atoms with Crippen LogP contribution >= 0.6 is 11.6 Å². The smallest absolute Gasteiger partial charge is 0.0992 e. The molecule has 0 radical (unpaired) electrons. The number of benzene rings is 1. The molecule has 3 heteroatoms. The average molecular weight is 252 g/mol. The van der Waals surface area contributed by atoms with Crippen molar-refractivity contribution in [2.75, 3.05) is 13.2 Å². The van der Waals surface area contributed by atoms with Gasteiger partial charge >= 0.3 is 0 Å². The van der Waals surface area contributed by atoms with Crippen LogP contribution in [0.15, 0.2) is 18.2 Å². The average Bonchev–Trinajstić information content (AvgIpc) is 2.34. The van der Waals surface area contributed by atoms with Crippen molar-refractivity contribution in [2.24, 2.45) is 0 Å². The Hall–Kier alpha value is -1.04. The zero-order chi connectivity index (χ0) is 12.7. The molecule has 0 aliphatic carbocycles. The van der Waals surface area contributed by atoms with E-state index in [1.165, 1.54) is 0 Å². The Morgan fingerprint density at radius 1 is 1.47 bits per heavy atom. The predicted octanol–water partition coefficient (Wildman–Crippen LogP) is 4.13. The Morgan fingerprint density at radius 2 is 2.24 bits per heavy atom. The third kappa shape index (κ3) is 4.38. The van der Waals surface area contributed by atoms with Crippen LogP contribution in [0.3, 0.4) is 0 Å². The van der Waals surface area contributed by atoms with Crippen LogP contribution in [0.4, 0.5) is 0 Å². The number of halogens is 1. The molecule has 0 fully saturated rings. The molecule has 0 aromatic heterocycles. The number of hydrogen-bond acceptors (Lipinski definition) is 2. The Balaban J connectivity index is 2.57. The van der Waals surface area contributed by atoms with Crippen LogP contribution in [0.1, 0.15) is 43.7 Å². The molecule has 0 saturated carbocycles. The lowest BCUT2D eigenvalue weighted by Crippen LogP contribution is -2.06. The molecule has 0 amide bonds. The first kappa shape index (κ1) is 14.0. The summed E-state index contributed by atoms with van der Waals surface area (Å²) in [5.74, 6) is 0.257. The molecule has 1 aromatic carbocycles. The second-order valence-electron chi connectivity index (χ2n) is 4.18. The molecule has 0 N–H and O–H groups in total. The zero-order valence-corrected chi connectivity index (χ0v) is 11.1. The molecule has 1 aromatic rings. The minimum atomic E-state index is 0.257. The van der Waals surface area contributed by atoms with Crippen LogP contribution in [-0.2, 0) is 4.74 Å². The van der Waals surface area contributed by atoms with E-state index in [0.717, 1.165) is 25.0 Å². The molecule has 0 saturated heterocycles. The first-order valence-electron chi connectivity index (χ1n) is 5.96. The Labute approximate surface area is 108 Å². The van der Waals surface area contributed by atoms with Crippen LogP contribution in [0, 0.1) is 11.3 Å². The number of unbranched alkanes of at least 4 members (excludes halogenated alkanes) is 1. The molecular weight excluding hydrogens is 234 g/mol. The normalized spacial score (nSPS) is 12.1. The summed E-state index contributed by atoms with van der Waals surface area (Å²) in [7, 11) is 0. The largest absolute Gasteiger partial charge is 0.381 e. The van der Waals surface area contributed by atoms with Crippen molar-refractivity contribution in [2.45, 2.75) is 32.6 Å². The van der Waals surface area contributed by atoms with Crippen LogP contribution < -0.4 is 0 Å². The molecule has 17 heavy (non-hydrogen) atoms. The molecule has 92 valence electrons. The molecule has 0 aliphatic rings. The van der Waals surface area contributed by atoms with Gasteiger partial charge in [0.25, 0.3) is 0 Å². The fourth-order valence-corrected chi connectivity index (χ4v) is 1.96. The van der Waals surface area contributed by atoms with Gasteiger partial charge in [-0.3, -0.25) is 0 Å². The van der Waals surface area contributed by atoms with E-state index < -0.39 is 0 Å². The Bertz CT molecular complexity index is 398. The summed E-state index contributed by atoms with van der Waals surface area (Å²) in [6.07, 6.45) is 2.24. The SMILES string of the molecule is CCCCOC[C@H](C)c1ccc(C#N)cc1Cl. The van der Waals surface area contributed by atoms with E-state index in [-0.39, 0.29) is 5.92 Å². The fourth-order valence-electron chi connectivity index (χ4n) is 1.59. The second-order valence-corrected chi connectivity index (χ2v) is 4.58. The number of nitriles is 1. The number of ether oxygens (including phenoxy) is 1. The van der Waals surface area contributed by atoms with Crippen molar-refractivity contribution < 1.29 is 4.74 Å². The summed E-state index contributed by atoms with van der Waals surface area (Å²) < 4.78 is 5.58. The van der Waals surface area contributed by atoms with Crippen molar-refractivity contribution >= 4 is 11.6 Å². The topological polar surface area (TPSA) is 33.0 Å². The summed E-state index contributed by atoms with van der Waals surface area (Å²) >= 11 is 6.14. The third-order valence-electron chi connectivity index (χ3n) is 2.67. The lowest BCUT2D eigenvalue weighted by Gasteiger charge is -2.14. The van der Waals surface area contributed by atoms with E-state index in [1.807, 2.05) is 6.07 Å². The van der Waals surface area contributed by atoms with Gasteiger partial charge in [0.05, 0.1) is 18.2 Å². The van der Waals surface area contributed by atoms with Crippen molar-refractivity contribution in [1.82, 2.24) is 0 Å². The van der Waals surface area contributed by atoms with Crippen molar-refractivity contribution in [3.8, 4) is 6.07 Å². The number of hydrogen-bond donors (Lipinski definition) is 0. The van der Waals surface area contributed by atoms with Crippen molar-refractivity contribution in [3.05, 3.63) is 34.3 Å². The van der Waals surface area contributed by atoms with Crippen molar-refractivity contribution in [3.63, 3.8) is 0 Å². The maximum Gasteiger partial charge on any atom is 0.0992 e. The van der Waals surface area contributed by atoms with Crippen molar-refractivity contribution in [1.29, 1.82) is 5.26 Å². The van der Waals surface area contributed by atoms with E-state index in [9.17, 15) is 0 Å². The molecule has 0 spiro atoms. The van der Waals surface area contributed by atoms with Crippen LogP contribution in [-0.4, -0.2) is 13.2 Å². The number of nitrogens with zero attached hydrogens (tertiary/aromatic N) is 1. The molecule has 0 heterocycles. The zero-order valence-electron chi connectivity index (χ0n) is 10.4. The van der Waals surface area contributed by atoms with Gasteiger partial charge in [0.1, 0.15) is 0 Å². The van der Waals surface area contributed by atoms with Gasteiger partial charge in [-0.2, -0.15) is 5.26 Å². The van der Waals surface area contributed by atoms with E-state index >= 15 is 0 Å². The van der Waals surface area contributed by atoms with Gasteiger partial charge < -0.3 is 4.74 Å². The molecule has 1 rings (SSSR count). The molecular formula is C14H18ClNO. The van der Waals surface area contributed by atoms with Gasteiger partial charge in [-0.1, -0.05) is 37.9 Å². The highest BCUT2D eigenvalue weighted by atomic mass is 35.5. The highest BCUT2D eigenvalue weighted by Crippen LogP contribution is 2.25. The van der Waals surface area contributed by atoms with Gasteiger partial charge in [0, 0.05) is 17.5 Å². The Kier molecular flexibility index (Phi) is 6.04. The molecule has 0 aliphatic heterocycles. The fraction of sp³-hybridized carbons (Fsp3) is 0.500. The molecule has 0 unspecified atom stereocenters. The highest BCUT2D eigenvalue weighted by Gasteiger charge is 2.10. The van der Waals surface area contributed by atoms with E-state index in [4.69, 9.17) is 21.6 Å². The van der Waals surface area contributed by atoms with Gasteiger partial charge in [-0.25, -0.2) is 0 Å². The highest BCUT2D eigenvalue weighted by molar-refractivity contribution is 6.31. The number of rotatable bonds is 6. The van der Waals surface area contributed by atoms with Gasteiger partial charge in [-0.15, -0.1) is 0 Å². The minimum absolute atomic E-state index is 0.257. The minimum Gasteiger partial charge on any atom is -0.381 e. The molecule has 0 bridgehead atoms. The summed E-state index contributed by atoms with van der Waals surface area (Å²) in [4.78, 5) is 0. The summed E-state index contributed by atoms with van der Waals surface area (Å²) in [5, 5.41) is 9.41. The van der Waals surface area contributed by atoms with Gasteiger partial charge in [-0.05, 0) is 24.1 Å². The van der Waals surface area contributed by atoms with Gasteiger partial charge in [0.15, 0.2) is 0 Å².